The van der Waals surface area contributed by atoms with Crippen LogP contribution in [0, 0.1) is 14.9 Å². The highest BCUT2D eigenvalue weighted by Crippen LogP contribution is 2.36. The van der Waals surface area contributed by atoms with E-state index in [9.17, 15) is 20.0 Å². The van der Waals surface area contributed by atoms with E-state index in [0.717, 1.165) is 10.7 Å². The Balaban J connectivity index is 2.13. The van der Waals surface area contributed by atoms with Gasteiger partial charge in [0.05, 0.1) is 29.2 Å². The summed E-state index contributed by atoms with van der Waals surface area (Å²) in [6.45, 7) is 0. The molecule has 0 fully saturated rings. The number of nitro benzene ring substituents is 1. The summed E-state index contributed by atoms with van der Waals surface area (Å²) < 4.78 is 5.97. The quantitative estimate of drug-likeness (QED) is 0.314. The van der Waals surface area contributed by atoms with Crippen molar-refractivity contribution in [2.75, 3.05) is 7.11 Å². The highest BCUT2D eigenvalue weighted by molar-refractivity contribution is 7.71. The van der Waals surface area contributed by atoms with Crippen LogP contribution in [-0.4, -0.2) is 33.0 Å². The third-order valence-corrected chi connectivity index (χ3v) is 3.87. The number of nitrogens with zero attached hydrogens (tertiary/aromatic N) is 3. The molecule has 0 aliphatic heterocycles. The number of rotatable bonds is 4. The number of para-hydroxylation sites is 1. The first-order valence-electron chi connectivity index (χ1n) is 7.26. The molecule has 0 bridgehead atoms. The van der Waals surface area contributed by atoms with Crippen molar-refractivity contribution in [3.63, 3.8) is 0 Å². The van der Waals surface area contributed by atoms with E-state index < -0.39 is 21.9 Å². The average molecular weight is 372 g/mol. The van der Waals surface area contributed by atoms with E-state index >= 15 is 0 Å². The molecule has 1 heterocycles. The highest BCUT2D eigenvalue weighted by Gasteiger charge is 2.19. The second-order valence-corrected chi connectivity index (χ2v) is 5.57. The number of aromatic hydroxyl groups is 1. The van der Waals surface area contributed by atoms with Crippen LogP contribution in [0.2, 0.25) is 0 Å². The number of nitrogens with one attached hydrogen (secondary N) is 1. The molecule has 0 spiro atoms. The summed E-state index contributed by atoms with van der Waals surface area (Å²) in [7, 11) is 1.27. The predicted molar refractivity (Wildman–Crippen MR) is 97.7 cm³/mol. The van der Waals surface area contributed by atoms with Crippen LogP contribution >= 0.6 is 12.2 Å². The van der Waals surface area contributed by atoms with Crippen LogP contribution in [0.25, 0.3) is 10.9 Å². The Bertz CT molecular complexity index is 1170. The van der Waals surface area contributed by atoms with Gasteiger partial charge in [0, 0.05) is 11.6 Å². The Kier molecular flexibility index (Phi) is 4.50. The monoisotopic (exact) mass is 372 g/mol. The number of hydrogen-bond donors (Lipinski definition) is 2. The first kappa shape index (κ1) is 17.3. The minimum absolute atomic E-state index is 0.0743. The predicted octanol–water partition coefficient (Wildman–Crippen LogP) is 2.56. The molecule has 2 N–H and O–H groups in total. The number of phenolic OH excluding ortho intramolecular Hbond substituents is 1. The van der Waals surface area contributed by atoms with E-state index in [4.69, 9.17) is 17.0 Å². The lowest BCUT2D eigenvalue weighted by molar-refractivity contribution is -0.386. The second-order valence-electron chi connectivity index (χ2n) is 5.19. The molecule has 10 heteroatoms. The maximum absolute atomic E-state index is 12.5. The Morgan fingerprint density at radius 2 is 2.12 bits per heavy atom. The zero-order valence-corrected chi connectivity index (χ0v) is 14.2. The molecule has 132 valence electrons. The van der Waals surface area contributed by atoms with E-state index in [1.807, 2.05) is 0 Å². The lowest BCUT2D eigenvalue weighted by Gasteiger charge is -2.05. The summed E-state index contributed by atoms with van der Waals surface area (Å²) in [6, 6.07) is 9.29. The summed E-state index contributed by atoms with van der Waals surface area (Å²) >= 11 is 5.14. The number of nitro groups is 1. The lowest BCUT2D eigenvalue weighted by atomic mass is 10.2. The smallest absolute Gasteiger partial charge is 0.315 e. The molecule has 2 aromatic carbocycles. The number of phenols is 1. The van der Waals surface area contributed by atoms with E-state index in [-0.39, 0.29) is 16.1 Å². The topological polar surface area (TPSA) is 123 Å². The fourth-order valence-electron chi connectivity index (χ4n) is 2.37. The first-order valence-corrected chi connectivity index (χ1v) is 7.67. The largest absolute Gasteiger partial charge is 0.500 e. The molecule has 0 aliphatic rings. The zero-order valence-electron chi connectivity index (χ0n) is 13.4. The number of methoxy groups -OCH3 is 1. The number of ether oxygens (including phenoxy) is 1. The van der Waals surface area contributed by atoms with Gasteiger partial charge in [-0.3, -0.25) is 14.9 Å². The van der Waals surface area contributed by atoms with Crippen molar-refractivity contribution in [3.05, 3.63) is 67.2 Å². The molecule has 0 amide bonds. The first-order chi connectivity index (χ1) is 12.4. The summed E-state index contributed by atoms with van der Waals surface area (Å²) in [5, 5.41) is 25.2. The Labute approximate surface area is 150 Å². The van der Waals surface area contributed by atoms with Gasteiger partial charge in [0.15, 0.2) is 5.75 Å². The van der Waals surface area contributed by atoms with Gasteiger partial charge in [-0.2, -0.15) is 9.78 Å². The van der Waals surface area contributed by atoms with Crippen molar-refractivity contribution in [1.82, 2.24) is 9.66 Å². The second kappa shape index (κ2) is 6.76. The van der Waals surface area contributed by atoms with Crippen LogP contribution in [-0.2, 0) is 0 Å². The molecule has 0 aliphatic carbocycles. The van der Waals surface area contributed by atoms with Gasteiger partial charge in [0.2, 0.25) is 10.5 Å². The number of H-pyrrole nitrogens is 1. The van der Waals surface area contributed by atoms with Crippen molar-refractivity contribution in [2.45, 2.75) is 0 Å². The van der Waals surface area contributed by atoms with Gasteiger partial charge in [-0.15, -0.1) is 0 Å². The van der Waals surface area contributed by atoms with Crippen LogP contribution < -0.4 is 10.3 Å². The van der Waals surface area contributed by atoms with Crippen molar-refractivity contribution < 1.29 is 14.8 Å². The third kappa shape index (κ3) is 3.05. The van der Waals surface area contributed by atoms with E-state index in [1.54, 1.807) is 24.3 Å². The maximum Gasteiger partial charge on any atom is 0.315 e. The Hall–Kier alpha value is -3.53. The third-order valence-electron chi connectivity index (χ3n) is 3.60. The SMILES string of the molecule is COc1cc(/C=N/n2c(=S)[nH]c3ccccc3c2=O)cc([N+](=O)[O-])c1O. The van der Waals surface area contributed by atoms with Gasteiger partial charge < -0.3 is 14.8 Å². The Morgan fingerprint density at radius 3 is 2.81 bits per heavy atom. The molecule has 3 aromatic rings. The van der Waals surface area contributed by atoms with E-state index in [1.165, 1.54) is 19.4 Å². The van der Waals surface area contributed by atoms with Gasteiger partial charge in [-0.1, -0.05) is 12.1 Å². The number of hydrogen-bond acceptors (Lipinski definition) is 7. The Morgan fingerprint density at radius 1 is 1.38 bits per heavy atom. The van der Waals surface area contributed by atoms with E-state index in [0.29, 0.717) is 10.9 Å². The van der Waals surface area contributed by atoms with Crippen molar-refractivity contribution in [3.8, 4) is 11.5 Å². The fraction of sp³-hybridized carbons (Fsp3) is 0.0625. The molecule has 0 saturated carbocycles. The molecule has 1 aromatic heterocycles. The number of benzene rings is 2. The van der Waals surface area contributed by atoms with Gasteiger partial charge in [0.1, 0.15) is 0 Å². The minimum atomic E-state index is -0.746. The molecule has 0 atom stereocenters. The normalized spacial score (nSPS) is 11.1. The summed E-state index contributed by atoms with van der Waals surface area (Å²) in [4.78, 5) is 25.7. The average Bonchev–Trinajstić information content (AvgIpc) is 2.62. The standard InChI is InChI=1S/C16H12N4O5S/c1-25-13-7-9(6-12(14(13)21)20(23)24)8-17-19-15(22)10-4-2-3-5-11(10)18-16(19)26/h2-8,21H,1H3,(H,18,26)/b17-8+. The molecule has 3 rings (SSSR count). The van der Waals surface area contributed by atoms with Crippen molar-refractivity contribution in [2.24, 2.45) is 5.10 Å². The van der Waals surface area contributed by atoms with Crippen molar-refractivity contribution in [1.29, 1.82) is 0 Å². The van der Waals surface area contributed by atoms with Crippen LogP contribution in [0.15, 0.2) is 46.3 Å². The molecular weight excluding hydrogens is 360 g/mol. The number of aromatic amines is 1. The maximum atomic E-state index is 12.5. The molecule has 0 unspecified atom stereocenters. The van der Waals surface area contributed by atoms with Gasteiger partial charge in [-0.25, -0.2) is 0 Å². The van der Waals surface area contributed by atoms with Gasteiger partial charge in [-0.05, 0) is 30.4 Å². The van der Waals surface area contributed by atoms with Gasteiger partial charge in [0.25, 0.3) is 5.56 Å². The molecule has 9 nitrogen and oxygen atoms in total. The summed E-state index contributed by atoms with van der Waals surface area (Å²) in [5.74, 6) is -0.675. The van der Waals surface area contributed by atoms with E-state index in [2.05, 4.69) is 10.1 Å². The number of fused-ring (bicyclic) bond motifs is 1. The summed E-state index contributed by atoms with van der Waals surface area (Å²) in [6.07, 6.45) is 1.22. The van der Waals surface area contributed by atoms with Crippen LogP contribution in [0.5, 0.6) is 11.5 Å². The highest BCUT2D eigenvalue weighted by atomic mass is 32.1. The lowest BCUT2D eigenvalue weighted by Crippen LogP contribution is -2.18. The van der Waals surface area contributed by atoms with Gasteiger partial charge >= 0.3 is 5.69 Å². The molecule has 26 heavy (non-hydrogen) atoms. The zero-order chi connectivity index (χ0) is 18.8. The van der Waals surface area contributed by atoms with Crippen LogP contribution in [0.3, 0.4) is 0 Å². The molecule has 0 saturated heterocycles. The summed E-state index contributed by atoms with van der Waals surface area (Å²) in [5.41, 5.74) is -0.139. The minimum Gasteiger partial charge on any atom is -0.500 e. The molecule has 0 radical (unpaired) electrons. The fourth-order valence-corrected chi connectivity index (χ4v) is 2.61. The van der Waals surface area contributed by atoms with Crippen LogP contribution in [0.4, 0.5) is 5.69 Å². The van der Waals surface area contributed by atoms with Crippen molar-refractivity contribution >= 4 is 35.0 Å². The number of aromatic nitrogens is 2. The van der Waals surface area contributed by atoms with Crippen LogP contribution in [0.1, 0.15) is 5.56 Å². The molecular formula is C16H12N4O5S.